The van der Waals surface area contributed by atoms with Gasteiger partial charge in [-0.1, -0.05) is 86.0 Å². The van der Waals surface area contributed by atoms with Crippen LogP contribution in [0.4, 0.5) is 5.95 Å². The number of nitrogens with zero attached hydrogens (tertiary/aromatic N) is 3. The van der Waals surface area contributed by atoms with E-state index in [9.17, 15) is 4.79 Å². The third kappa shape index (κ3) is 5.12. The second-order valence-electron chi connectivity index (χ2n) is 11.2. The number of hydrogen-bond acceptors (Lipinski definition) is 4. The average molecular weight is 539 g/mol. The number of benzene rings is 3. The van der Waals surface area contributed by atoms with Crippen molar-refractivity contribution < 1.29 is 4.79 Å². The Morgan fingerprint density at radius 1 is 1.03 bits per heavy atom. The van der Waals surface area contributed by atoms with Crippen LogP contribution in [0.2, 0.25) is 5.02 Å². The summed E-state index contributed by atoms with van der Waals surface area (Å²) in [6.07, 6.45) is 8.23. The molecule has 0 spiro atoms. The van der Waals surface area contributed by atoms with Crippen molar-refractivity contribution in [1.82, 2.24) is 15.3 Å². The van der Waals surface area contributed by atoms with Crippen LogP contribution in [0, 0.1) is 5.92 Å². The van der Waals surface area contributed by atoms with Crippen molar-refractivity contribution in [3.63, 3.8) is 0 Å². The first-order chi connectivity index (χ1) is 19.0. The molecule has 0 bridgehead atoms. The summed E-state index contributed by atoms with van der Waals surface area (Å²) >= 11 is 6.28. The molecule has 1 unspecified atom stereocenters. The molecular formula is C33H35ClN4O. The molecule has 3 aromatic carbocycles. The highest BCUT2D eigenvalue weighted by Crippen LogP contribution is 2.47. The van der Waals surface area contributed by atoms with E-state index in [2.05, 4.69) is 53.5 Å². The van der Waals surface area contributed by atoms with E-state index in [0.29, 0.717) is 23.0 Å². The van der Waals surface area contributed by atoms with Gasteiger partial charge in [0.2, 0.25) is 5.95 Å². The Kier molecular flexibility index (Phi) is 7.26. The van der Waals surface area contributed by atoms with Gasteiger partial charge >= 0.3 is 0 Å². The van der Waals surface area contributed by atoms with Gasteiger partial charge in [-0.05, 0) is 65.6 Å². The lowest BCUT2D eigenvalue weighted by atomic mass is 9.74. The van der Waals surface area contributed by atoms with Crippen LogP contribution < -0.4 is 10.2 Å². The number of carbonyl (C=O) groups is 1. The fraction of sp³-hybridized carbons (Fsp3) is 0.364. The van der Waals surface area contributed by atoms with Crippen molar-refractivity contribution in [2.24, 2.45) is 5.92 Å². The van der Waals surface area contributed by atoms with E-state index in [1.54, 1.807) is 6.20 Å². The first-order valence-electron chi connectivity index (χ1n) is 14.2. The Bertz CT molecular complexity index is 1470. The van der Waals surface area contributed by atoms with E-state index in [1.165, 1.54) is 17.4 Å². The minimum Gasteiger partial charge on any atom is -0.348 e. The first kappa shape index (κ1) is 25.8. The monoisotopic (exact) mass is 538 g/mol. The summed E-state index contributed by atoms with van der Waals surface area (Å²) in [5.41, 5.74) is 3.35. The summed E-state index contributed by atoms with van der Waals surface area (Å²) < 4.78 is 0. The van der Waals surface area contributed by atoms with E-state index >= 15 is 0 Å². The molecule has 6 heteroatoms. The molecule has 1 atom stereocenters. The zero-order valence-electron chi connectivity index (χ0n) is 22.5. The van der Waals surface area contributed by atoms with Gasteiger partial charge in [-0.3, -0.25) is 4.79 Å². The number of anilines is 1. The number of carbonyl (C=O) groups excluding carboxylic acids is 1. The van der Waals surface area contributed by atoms with Crippen molar-refractivity contribution in [2.75, 3.05) is 18.0 Å². The fourth-order valence-corrected chi connectivity index (χ4v) is 6.68. The largest absolute Gasteiger partial charge is 0.348 e. The van der Waals surface area contributed by atoms with Crippen LogP contribution in [0.25, 0.3) is 10.8 Å². The van der Waals surface area contributed by atoms with Gasteiger partial charge in [0.15, 0.2) is 0 Å². The van der Waals surface area contributed by atoms with Crippen molar-refractivity contribution >= 4 is 34.2 Å². The fourth-order valence-electron chi connectivity index (χ4n) is 6.55. The van der Waals surface area contributed by atoms with Gasteiger partial charge in [-0.2, -0.15) is 0 Å². The molecule has 0 radical (unpaired) electrons. The van der Waals surface area contributed by atoms with Gasteiger partial charge < -0.3 is 10.2 Å². The number of rotatable bonds is 6. The summed E-state index contributed by atoms with van der Waals surface area (Å²) in [5.74, 6) is 1.21. The number of fused-ring (bicyclic) bond motifs is 1. The van der Waals surface area contributed by atoms with Crippen LogP contribution in [-0.2, 0) is 12.0 Å². The Morgan fingerprint density at radius 2 is 1.79 bits per heavy atom. The molecule has 2 aliphatic rings. The molecule has 6 rings (SSSR count). The molecule has 2 heterocycles. The number of halogens is 1. The van der Waals surface area contributed by atoms with E-state index in [-0.39, 0.29) is 11.3 Å². The summed E-state index contributed by atoms with van der Waals surface area (Å²) in [4.78, 5) is 26.2. The molecule has 1 saturated carbocycles. The predicted molar refractivity (Wildman–Crippen MR) is 158 cm³/mol. The molecule has 5 nitrogen and oxygen atoms in total. The molecule has 1 aliphatic heterocycles. The predicted octanol–water partition coefficient (Wildman–Crippen LogP) is 7.31. The lowest BCUT2D eigenvalue weighted by Crippen LogP contribution is -2.37. The summed E-state index contributed by atoms with van der Waals surface area (Å²) in [5, 5.41) is 6.24. The van der Waals surface area contributed by atoms with Crippen LogP contribution in [0.1, 0.15) is 72.6 Å². The molecule has 200 valence electrons. The summed E-state index contributed by atoms with van der Waals surface area (Å²) in [6.45, 7) is 4.62. The maximum absolute atomic E-state index is 13.9. The highest BCUT2D eigenvalue weighted by atomic mass is 35.5. The van der Waals surface area contributed by atoms with Crippen LogP contribution in [0.3, 0.4) is 0 Å². The number of amides is 1. The minimum atomic E-state index is -0.338. The second-order valence-corrected chi connectivity index (χ2v) is 11.7. The van der Waals surface area contributed by atoms with Crippen LogP contribution >= 0.6 is 11.6 Å². The smallest absolute Gasteiger partial charge is 0.255 e. The molecule has 1 aliphatic carbocycles. The Hall–Kier alpha value is -3.44. The third-order valence-corrected chi connectivity index (χ3v) is 8.84. The van der Waals surface area contributed by atoms with Gasteiger partial charge in [0.25, 0.3) is 5.91 Å². The lowest BCUT2D eigenvalue weighted by Gasteiger charge is -2.34. The molecule has 1 saturated heterocycles. The first-order valence-corrected chi connectivity index (χ1v) is 14.5. The number of piperidine rings is 1. The average Bonchev–Trinajstić information content (AvgIpc) is 3.47. The Morgan fingerprint density at radius 3 is 2.59 bits per heavy atom. The highest BCUT2D eigenvalue weighted by molar-refractivity contribution is 6.30. The van der Waals surface area contributed by atoms with Gasteiger partial charge in [0.05, 0.1) is 11.3 Å². The van der Waals surface area contributed by atoms with Crippen LogP contribution in [-0.4, -0.2) is 29.0 Å². The molecule has 1 aromatic heterocycles. The third-order valence-electron chi connectivity index (χ3n) is 8.59. The zero-order valence-corrected chi connectivity index (χ0v) is 23.3. The highest BCUT2D eigenvalue weighted by Gasteiger charge is 2.42. The number of nitrogens with one attached hydrogen (secondary N) is 1. The van der Waals surface area contributed by atoms with Crippen molar-refractivity contribution in [3.8, 4) is 0 Å². The zero-order chi connectivity index (χ0) is 26.8. The topological polar surface area (TPSA) is 58.1 Å². The molecular weight excluding hydrogens is 504 g/mol. The van der Waals surface area contributed by atoms with Crippen LogP contribution in [0.15, 0.2) is 72.9 Å². The molecule has 1 N–H and O–H groups in total. The Balaban J connectivity index is 1.39. The van der Waals surface area contributed by atoms with Crippen LogP contribution in [0.5, 0.6) is 0 Å². The van der Waals surface area contributed by atoms with Gasteiger partial charge in [0.1, 0.15) is 0 Å². The van der Waals surface area contributed by atoms with Gasteiger partial charge in [-0.25, -0.2) is 9.97 Å². The second kappa shape index (κ2) is 11.0. The summed E-state index contributed by atoms with van der Waals surface area (Å²) in [6, 6.07) is 22.6. The quantitative estimate of drug-likeness (QED) is 0.279. The standard InChI is InChI=1S/C33H35ClN4O/c1-23-8-7-19-38(22-23)32-36-21-29(31(39)35-20-25-11-6-10-24-9-2-3-12-28(24)25)30(37-32)33(17-4-5-18-33)26-13-15-27(34)16-14-26/h2-3,6,9-16,21,23H,4-5,7-8,17-20,22H2,1H3,(H,35,39). The van der Waals surface area contributed by atoms with E-state index in [0.717, 1.165) is 67.8 Å². The molecule has 1 amide bonds. The number of aromatic nitrogens is 2. The molecule has 39 heavy (non-hydrogen) atoms. The van der Waals surface area contributed by atoms with Crippen molar-refractivity contribution in [3.05, 3.63) is 100 Å². The van der Waals surface area contributed by atoms with Crippen molar-refractivity contribution in [2.45, 2.75) is 57.4 Å². The van der Waals surface area contributed by atoms with Crippen molar-refractivity contribution in [1.29, 1.82) is 0 Å². The molecule has 2 fully saturated rings. The van der Waals surface area contributed by atoms with E-state index < -0.39 is 0 Å². The maximum Gasteiger partial charge on any atom is 0.255 e. The minimum absolute atomic E-state index is 0.128. The molecule has 4 aromatic rings. The van der Waals surface area contributed by atoms with E-state index in [1.807, 2.05) is 30.3 Å². The number of hydrogen-bond donors (Lipinski definition) is 1. The summed E-state index contributed by atoms with van der Waals surface area (Å²) in [7, 11) is 0. The Labute approximate surface area is 235 Å². The SMILES string of the molecule is CC1CCCN(c2ncc(C(=O)NCc3cccc4ccccc34)c(C3(c4ccc(Cl)cc4)CCCC3)n2)C1. The van der Waals surface area contributed by atoms with Gasteiger partial charge in [-0.15, -0.1) is 0 Å². The van der Waals surface area contributed by atoms with Gasteiger partial charge in [0, 0.05) is 36.3 Å². The lowest BCUT2D eigenvalue weighted by molar-refractivity contribution is 0.0948. The normalized spacial score (nSPS) is 18.8. The van der Waals surface area contributed by atoms with E-state index in [4.69, 9.17) is 21.6 Å². The maximum atomic E-state index is 13.9.